The van der Waals surface area contributed by atoms with Crippen molar-refractivity contribution in [3.05, 3.63) is 55.9 Å². The van der Waals surface area contributed by atoms with Crippen molar-refractivity contribution in [2.75, 3.05) is 0 Å². The van der Waals surface area contributed by atoms with Gasteiger partial charge < -0.3 is 14.4 Å². The summed E-state index contributed by atoms with van der Waals surface area (Å²) >= 11 is 0. The zero-order chi connectivity index (χ0) is 21.7. The number of hydrogen-bond acceptors (Lipinski definition) is 5. The van der Waals surface area contributed by atoms with Gasteiger partial charge in [0, 0.05) is 16.5 Å². The van der Waals surface area contributed by atoms with Gasteiger partial charge in [-0.05, 0) is 55.9 Å². The van der Waals surface area contributed by atoms with E-state index in [1.54, 1.807) is 17.6 Å². The average molecular weight is 414 g/mol. The molecule has 3 aromatic rings. The molecule has 0 saturated heterocycles. The standard InChI is InChI=1S/C24H23BN2O4/c1-3-24(30)16-7-19-21-14(9-27(19)22(28)15(16)10-31-23(24)29)13-6-4-5-12-11(2)17(25)8-18(26-21)20(12)13/h7-8,30H,3-6,9-10,25H2,1-2H3/t24-/m0/s1. The molecule has 1 N–H and O–H groups in total. The van der Waals surface area contributed by atoms with E-state index in [-0.39, 0.29) is 18.6 Å². The van der Waals surface area contributed by atoms with Gasteiger partial charge in [0.15, 0.2) is 5.60 Å². The van der Waals surface area contributed by atoms with Gasteiger partial charge in [-0.1, -0.05) is 17.9 Å². The van der Waals surface area contributed by atoms with Crippen molar-refractivity contribution in [1.82, 2.24) is 9.55 Å². The van der Waals surface area contributed by atoms with Crippen molar-refractivity contribution in [3.8, 4) is 11.4 Å². The highest BCUT2D eigenvalue weighted by molar-refractivity contribution is 6.34. The fraction of sp³-hybridized carbons (Fsp3) is 0.375. The van der Waals surface area contributed by atoms with E-state index in [0.29, 0.717) is 23.4 Å². The topological polar surface area (TPSA) is 81.4 Å². The number of carbonyl (C=O) groups excluding carboxylic acids is 1. The summed E-state index contributed by atoms with van der Waals surface area (Å²) in [6, 6.07) is 3.94. The van der Waals surface area contributed by atoms with E-state index in [2.05, 4.69) is 20.8 Å². The third kappa shape index (κ3) is 2.25. The van der Waals surface area contributed by atoms with E-state index in [1.807, 2.05) is 0 Å². The van der Waals surface area contributed by atoms with Gasteiger partial charge in [-0.25, -0.2) is 9.78 Å². The number of nitrogens with zero attached hydrogens (tertiary/aromatic N) is 2. The molecule has 0 unspecified atom stereocenters. The monoisotopic (exact) mass is 414 g/mol. The van der Waals surface area contributed by atoms with Crippen LogP contribution in [0.2, 0.25) is 0 Å². The van der Waals surface area contributed by atoms with Crippen LogP contribution in [0.15, 0.2) is 16.9 Å². The highest BCUT2D eigenvalue weighted by Crippen LogP contribution is 2.42. The third-order valence-electron chi connectivity index (χ3n) is 7.59. The number of cyclic esters (lactones) is 1. The Balaban J connectivity index is 1.68. The number of hydrogen-bond donors (Lipinski definition) is 1. The molecule has 31 heavy (non-hydrogen) atoms. The molecule has 1 aliphatic carbocycles. The highest BCUT2D eigenvalue weighted by Gasteiger charge is 2.45. The minimum absolute atomic E-state index is 0.100. The van der Waals surface area contributed by atoms with Crippen molar-refractivity contribution in [2.24, 2.45) is 0 Å². The molecular weight excluding hydrogens is 391 g/mol. The number of aromatic nitrogens is 2. The van der Waals surface area contributed by atoms with Crippen molar-refractivity contribution in [3.63, 3.8) is 0 Å². The second-order valence-corrected chi connectivity index (χ2v) is 9.07. The lowest BCUT2D eigenvalue weighted by atomic mass is 9.79. The largest absolute Gasteiger partial charge is 0.458 e. The molecule has 156 valence electrons. The fourth-order valence-corrected chi connectivity index (χ4v) is 5.70. The van der Waals surface area contributed by atoms with Crippen LogP contribution in [0.5, 0.6) is 0 Å². The number of ether oxygens (including phenoxy) is 1. The maximum Gasteiger partial charge on any atom is 0.343 e. The van der Waals surface area contributed by atoms with Crippen molar-refractivity contribution in [1.29, 1.82) is 0 Å². The van der Waals surface area contributed by atoms with E-state index in [0.717, 1.165) is 36.0 Å². The first kappa shape index (κ1) is 18.8. The van der Waals surface area contributed by atoms with Gasteiger partial charge in [0.05, 0.1) is 29.0 Å². The number of carbonyl (C=O) groups is 1. The van der Waals surface area contributed by atoms with Crippen molar-refractivity contribution in [2.45, 2.75) is 58.3 Å². The van der Waals surface area contributed by atoms with Crippen LogP contribution in [0, 0.1) is 6.92 Å². The molecule has 4 heterocycles. The van der Waals surface area contributed by atoms with E-state index in [9.17, 15) is 14.7 Å². The molecule has 0 radical (unpaired) electrons. The lowest BCUT2D eigenvalue weighted by Crippen LogP contribution is -2.44. The maximum atomic E-state index is 13.4. The molecule has 0 amide bonds. The fourth-order valence-electron chi connectivity index (χ4n) is 5.70. The van der Waals surface area contributed by atoms with Gasteiger partial charge in [0.2, 0.25) is 0 Å². The molecule has 0 saturated carbocycles. The molecule has 3 aliphatic rings. The van der Waals surface area contributed by atoms with Crippen LogP contribution in [-0.2, 0) is 41.1 Å². The van der Waals surface area contributed by atoms with Crippen LogP contribution in [0.25, 0.3) is 22.3 Å². The van der Waals surface area contributed by atoms with Gasteiger partial charge in [-0.15, -0.1) is 0 Å². The number of fused-ring (bicyclic) bond motifs is 5. The number of pyridine rings is 2. The van der Waals surface area contributed by atoms with Gasteiger partial charge in [-0.2, -0.15) is 0 Å². The quantitative estimate of drug-likeness (QED) is 0.373. The van der Waals surface area contributed by atoms with E-state index < -0.39 is 11.6 Å². The van der Waals surface area contributed by atoms with Crippen LogP contribution >= 0.6 is 0 Å². The molecule has 2 aromatic heterocycles. The molecule has 0 spiro atoms. The second kappa shape index (κ2) is 6.07. The molecule has 0 bridgehead atoms. The average Bonchev–Trinajstić information content (AvgIpc) is 3.14. The number of aliphatic hydroxyl groups is 1. The molecule has 0 fully saturated rings. The second-order valence-electron chi connectivity index (χ2n) is 9.07. The Morgan fingerprint density at radius 3 is 2.74 bits per heavy atom. The number of benzene rings is 1. The first-order chi connectivity index (χ1) is 14.8. The molecule has 1 aromatic carbocycles. The lowest BCUT2D eigenvalue weighted by molar-refractivity contribution is -0.172. The molecule has 1 atom stereocenters. The third-order valence-corrected chi connectivity index (χ3v) is 7.59. The zero-order valence-electron chi connectivity index (χ0n) is 18.0. The van der Waals surface area contributed by atoms with E-state index in [4.69, 9.17) is 9.72 Å². The summed E-state index contributed by atoms with van der Waals surface area (Å²) in [4.78, 5) is 30.8. The van der Waals surface area contributed by atoms with Gasteiger partial charge in [0.1, 0.15) is 14.5 Å². The molecule has 6 rings (SSSR count). The van der Waals surface area contributed by atoms with E-state index >= 15 is 0 Å². The van der Waals surface area contributed by atoms with Crippen LogP contribution in [0.4, 0.5) is 0 Å². The number of aryl methyl sites for hydroxylation is 2. The Kier molecular flexibility index (Phi) is 3.68. The van der Waals surface area contributed by atoms with Gasteiger partial charge in [0.25, 0.3) is 5.56 Å². The first-order valence-corrected chi connectivity index (χ1v) is 11.0. The summed E-state index contributed by atoms with van der Waals surface area (Å²) < 4.78 is 6.90. The lowest BCUT2D eigenvalue weighted by Gasteiger charge is -2.31. The summed E-state index contributed by atoms with van der Waals surface area (Å²) in [5.41, 5.74) is 7.53. The van der Waals surface area contributed by atoms with Crippen LogP contribution in [-0.4, -0.2) is 28.5 Å². The maximum absolute atomic E-state index is 13.4. The Morgan fingerprint density at radius 1 is 1.19 bits per heavy atom. The Bertz CT molecular complexity index is 1410. The Hall–Kier alpha value is -2.93. The van der Waals surface area contributed by atoms with Crippen molar-refractivity contribution >= 4 is 30.2 Å². The predicted molar refractivity (Wildman–Crippen MR) is 119 cm³/mol. The number of rotatable bonds is 1. The summed E-state index contributed by atoms with van der Waals surface area (Å²) in [5.74, 6) is -0.692. The molecular formula is C24H23BN2O4. The van der Waals surface area contributed by atoms with Gasteiger partial charge >= 0.3 is 5.97 Å². The highest BCUT2D eigenvalue weighted by atomic mass is 16.6. The zero-order valence-corrected chi connectivity index (χ0v) is 18.0. The predicted octanol–water partition coefficient (Wildman–Crippen LogP) is 1.14. The minimum atomic E-state index is -1.79. The Labute approximate surface area is 180 Å². The number of esters is 1. The minimum Gasteiger partial charge on any atom is -0.458 e. The summed E-state index contributed by atoms with van der Waals surface area (Å²) in [6.07, 6.45) is 3.26. The molecule has 7 heteroatoms. The first-order valence-electron chi connectivity index (χ1n) is 11.0. The van der Waals surface area contributed by atoms with E-state index in [1.165, 1.54) is 27.5 Å². The molecule has 6 nitrogen and oxygen atoms in total. The summed E-state index contributed by atoms with van der Waals surface area (Å²) in [5, 5.41) is 12.3. The summed E-state index contributed by atoms with van der Waals surface area (Å²) in [6.45, 7) is 4.27. The van der Waals surface area contributed by atoms with Crippen LogP contribution in [0.3, 0.4) is 0 Å². The Morgan fingerprint density at radius 2 is 1.97 bits per heavy atom. The smallest absolute Gasteiger partial charge is 0.343 e. The van der Waals surface area contributed by atoms with Gasteiger partial charge in [-0.3, -0.25) is 4.79 Å². The molecule has 2 aliphatic heterocycles. The SMILES string of the molecule is Bc1cc2nc3c(c4c2c(c1C)CCC4)Cn1c-3cc2c(c1=O)COC(=O)[C@]2(O)CC. The normalized spacial score (nSPS) is 20.9. The van der Waals surface area contributed by atoms with Crippen LogP contribution < -0.4 is 11.0 Å². The van der Waals surface area contributed by atoms with Crippen LogP contribution in [0.1, 0.15) is 53.1 Å². The summed E-state index contributed by atoms with van der Waals surface area (Å²) in [7, 11) is 2.12. The van der Waals surface area contributed by atoms with Crippen molar-refractivity contribution < 1.29 is 14.6 Å².